The van der Waals surface area contributed by atoms with Gasteiger partial charge < -0.3 is 4.57 Å². The van der Waals surface area contributed by atoms with Gasteiger partial charge in [0.15, 0.2) is 0 Å². The second kappa shape index (κ2) is 7.75. The lowest BCUT2D eigenvalue weighted by atomic mass is 9.96. The van der Waals surface area contributed by atoms with Crippen molar-refractivity contribution in [3.8, 4) is 22.5 Å². The van der Waals surface area contributed by atoms with E-state index in [0.29, 0.717) is 12.2 Å². The molecule has 0 aliphatic carbocycles. The SMILES string of the molecule is CCc1c(Cc2ccc(-c3ccccc3-c3nn[nH]n3)cc2)c(=O)nc2n1C(C)=CC2. The summed E-state index contributed by atoms with van der Waals surface area (Å²) in [6, 6.07) is 16.3. The number of nitrogens with zero attached hydrogens (tertiary/aromatic N) is 5. The molecule has 4 aromatic rings. The zero-order valence-electron chi connectivity index (χ0n) is 17.5. The van der Waals surface area contributed by atoms with Crippen molar-refractivity contribution in [2.75, 3.05) is 0 Å². The van der Waals surface area contributed by atoms with Crippen molar-refractivity contribution in [3.63, 3.8) is 0 Å². The van der Waals surface area contributed by atoms with E-state index in [2.05, 4.69) is 74.4 Å². The summed E-state index contributed by atoms with van der Waals surface area (Å²) in [5, 5.41) is 14.4. The Hall–Kier alpha value is -3.87. The predicted octanol–water partition coefficient (Wildman–Crippen LogP) is 3.66. The van der Waals surface area contributed by atoms with Crippen LogP contribution in [0.1, 0.15) is 36.5 Å². The summed E-state index contributed by atoms with van der Waals surface area (Å²) < 4.78 is 2.15. The molecule has 0 saturated heterocycles. The molecule has 2 aromatic heterocycles. The van der Waals surface area contributed by atoms with Gasteiger partial charge in [-0.15, -0.1) is 10.2 Å². The summed E-state index contributed by atoms with van der Waals surface area (Å²) in [6.45, 7) is 4.16. The number of benzene rings is 2. The molecule has 7 nitrogen and oxygen atoms in total. The summed E-state index contributed by atoms with van der Waals surface area (Å²) in [5.41, 5.74) is 6.96. The number of rotatable bonds is 5. The Kier molecular flexibility index (Phi) is 4.78. The number of tetrazole rings is 1. The minimum Gasteiger partial charge on any atom is -0.306 e. The van der Waals surface area contributed by atoms with E-state index < -0.39 is 0 Å². The molecule has 0 amide bonds. The molecular weight excluding hydrogens is 388 g/mol. The lowest BCUT2D eigenvalue weighted by Gasteiger charge is -2.16. The third kappa shape index (κ3) is 3.38. The quantitative estimate of drug-likeness (QED) is 0.542. The lowest BCUT2D eigenvalue weighted by molar-refractivity contribution is 0.803. The molecule has 0 radical (unpaired) electrons. The van der Waals surface area contributed by atoms with E-state index in [1.807, 2.05) is 24.3 Å². The summed E-state index contributed by atoms with van der Waals surface area (Å²) in [7, 11) is 0. The minimum atomic E-state index is -0.113. The van der Waals surface area contributed by atoms with Crippen molar-refractivity contribution < 1.29 is 0 Å². The number of hydrogen-bond donors (Lipinski definition) is 1. The predicted molar refractivity (Wildman–Crippen MR) is 119 cm³/mol. The molecule has 5 rings (SSSR count). The van der Waals surface area contributed by atoms with E-state index in [1.54, 1.807) is 0 Å². The molecular formula is C24H22N6O. The van der Waals surface area contributed by atoms with Gasteiger partial charge in [-0.05, 0) is 35.2 Å². The second-order valence-corrected chi connectivity index (χ2v) is 7.65. The largest absolute Gasteiger partial charge is 0.306 e. The Bertz CT molecular complexity index is 1330. The van der Waals surface area contributed by atoms with Crippen molar-refractivity contribution in [2.24, 2.45) is 0 Å². The third-order valence-electron chi connectivity index (χ3n) is 5.79. The first-order valence-corrected chi connectivity index (χ1v) is 10.4. The third-order valence-corrected chi connectivity index (χ3v) is 5.79. The summed E-state index contributed by atoms with van der Waals surface area (Å²) in [5.74, 6) is 1.41. The Morgan fingerprint density at radius 2 is 1.84 bits per heavy atom. The van der Waals surface area contributed by atoms with Gasteiger partial charge in [0, 0.05) is 35.4 Å². The molecule has 0 saturated carbocycles. The number of aromatic nitrogens is 6. The molecule has 7 heteroatoms. The van der Waals surface area contributed by atoms with Gasteiger partial charge in [-0.3, -0.25) is 4.79 Å². The topological polar surface area (TPSA) is 89.3 Å². The maximum Gasteiger partial charge on any atom is 0.276 e. The molecule has 31 heavy (non-hydrogen) atoms. The van der Waals surface area contributed by atoms with Crippen LogP contribution in [0.15, 0.2) is 59.4 Å². The molecule has 0 atom stereocenters. The van der Waals surface area contributed by atoms with E-state index in [9.17, 15) is 4.79 Å². The van der Waals surface area contributed by atoms with Crippen molar-refractivity contribution in [1.29, 1.82) is 0 Å². The fourth-order valence-corrected chi connectivity index (χ4v) is 4.29. The zero-order chi connectivity index (χ0) is 21.4. The monoisotopic (exact) mass is 410 g/mol. The van der Waals surface area contributed by atoms with Crippen LogP contribution in [0.25, 0.3) is 28.2 Å². The van der Waals surface area contributed by atoms with Crippen molar-refractivity contribution in [2.45, 2.75) is 33.1 Å². The maximum absolute atomic E-state index is 12.8. The van der Waals surface area contributed by atoms with Crippen LogP contribution in [0.5, 0.6) is 0 Å². The van der Waals surface area contributed by atoms with E-state index in [0.717, 1.165) is 57.9 Å². The molecule has 0 bridgehead atoms. The number of H-pyrrole nitrogens is 1. The van der Waals surface area contributed by atoms with Gasteiger partial charge >= 0.3 is 0 Å². The van der Waals surface area contributed by atoms with Crippen LogP contribution in [0.3, 0.4) is 0 Å². The first-order valence-electron chi connectivity index (χ1n) is 10.4. The Morgan fingerprint density at radius 3 is 2.55 bits per heavy atom. The first kappa shape index (κ1) is 19.1. The van der Waals surface area contributed by atoms with E-state index >= 15 is 0 Å². The normalized spacial score (nSPS) is 12.6. The van der Waals surface area contributed by atoms with Gasteiger partial charge in [-0.1, -0.05) is 61.5 Å². The van der Waals surface area contributed by atoms with Crippen molar-refractivity contribution in [1.82, 2.24) is 30.2 Å². The number of allylic oxidation sites excluding steroid dienone is 2. The number of aromatic amines is 1. The molecule has 2 aromatic carbocycles. The van der Waals surface area contributed by atoms with E-state index in [4.69, 9.17) is 0 Å². The minimum absolute atomic E-state index is 0.113. The van der Waals surface area contributed by atoms with Crippen LogP contribution < -0.4 is 5.56 Å². The average Bonchev–Trinajstić information content (AvgIpc) is 3.45. The number of nitrogens with one attached hydrogen (secondary N) is 1. The fraction of sp³-hybridized carbons (Fsp3) is 0.208. The molecule has 0 unspecified atom stereocenters. The second-order valence-electron chi connectivity index (χ2n) is 7.65. The summed E-state index contributed by atoms with van der Waals surface area (Å²) >= 11 is 0. The average molecular weight is 410 g/mol. The highest BCUT2D eigenvalue weighted by Gasteiger charge is 2.20. The lowest BCUT2D eigenvalue weighted by Crippen LogP contribution is -2.23. The number of hydrogen-bond acceptors (Lipinski definition) is 5. The van der Waals surface area contributed by atoms with Crippen molar-refractivity contribution in [3.05, 3.63) is 87.6 Å². The molecule has 0 spiro atoms. The van der Waals surface area contributed by atoms with Gasteiger partial charge in [0.25, 0.3) is 5.56 Å². The molecule has 1 aliphatic rings. The number of fused-ring (bicyclic) bond motifs is 1. The molecule has 1 N–H and O–H groups in total. The Morgan fingerprint density at radius 1 is 1.06 bits per heavy atom. The van der Waals surface area contributed by atoms with Crippen LogP contribution in [0.2, 0.25) is 0 Å². The summed E-state index contributed by atoms with van der Waals surface area (Å²) in [4.78, 5) is 17.1. The molecule has 3 heterocycles. The molecule has 0 fully saturated rings. The zero-order valence-corrected chi connectivity index (χ0v) is 17.5. The van der Waals surface area contributed by atoms with Gasteiger partial charge in [0.1, 0.15) is 5.82 Å². The summed E-state index contributed by atoms with van der Waals surface area (Å²) in [6.07, 6.45) is 4.21. The van der Waals surface area contributed by atoms with Gasteiger partial charge in [-0.2, -0.15) is 10.2 Å². The van der Waals surface area contributed by atoms with Crippen LogP contribution >= 0.6 is 0 Å². The standard InChI is InChI=1S/C24H22N6O/c1-3-21-20(24(31)25-22-13-8-15(2)30(21)22)14-16-9-11-17(12-10-16)18-6-4-5-7-19(18)23-26-28-29-27-23/h4-12H,3,13-14H2,1-2H3,(H,26,27,28,29). The van der Waals surface area contributed by atoms with E-state index in [1.165, 1.54) is 0 Å². The van der Waals surface area contributed by atoms with Crippen LogP contribution in [-0.4, -0.2) is 30.2 Å². The highest BCUT2D eigenvalue weighted by atomic mass is 16.1. The molecule has 154 valence electrons. The van der Waals surface area contributed by atoms with Crippen LogP contribution in [0.4, 0.5) is 0 Å². The molecule has 1 aliphatic heterocycles. The smallest absolute Gasteiger partial charge is 0.276 e. The highest BCUT2D eigenvalue weighted by molar-refractivity contribution is 5.80. The first-order chi connectivity index (χ1) is 15.2. The Balaban J connectivity index is 1.49. The highest BCUT2D eigenvalue weighted by Crippen LogP contribution is 2.30. The van der Waals surface area contributed by atoms with Gasteiger partial charge in [-0.25, -0.2) is 0 Å². The van der Waals surface area contributed by atoms with Crippen LogP contribution in [0, 0.1) is 0 Å². The maximum atomic E-state index is 12.8. The van der Waals surface area contributed by atoms with Crippen LogP contribution in [-0.2, 0) is 19.3 Å². The Labute approximate surface area is 179 Å². The fourth-order valence-electron chi connectivity index (χ4n) is 4.29. The van der Waals surface area contributed by atoms with Gasteiger partial charge in [0.2, 0.25) is 5.82 Å². The van der Waals surface area contributed by atoms with Crippen molar-refractivity contribution >= 4 is 5.70 Å². The van der Waals surface area contributed by atoms with E-state index in [-0.39, 0.29) is 5.56 Å². The van der Waals surface area contributed by atoms with Gasteiger partial charge in [0.05, 0.1) is 0 Å².